The van der Waals surface area contributed by atoms with Gasteiger partial charge in [-0.3, -0.25) is 4.79 Å². The number of alkyl halides is 1. The minimum atomic E-state index is 0.0185. The standard InChI is InChI=1S/C12H13BrClNO/c1-8-4-9-7-15(12(16)6-14)3-2-10(9)11(13)5-8/h4-5H,2-3,6-7H2,1H3. The van der Waals surface area contributed by atoms with E-state index in [9.17, 15) is 4.79 Å². The van der Waals surface area contributed by atoms with Crippen LogP contribution in [0.4, 0.5) is 0 Å². The van der Waals surface area contributed by atoms with Gasteiger partial charge in [-0.2, -0.15) is 0 Å². The molecular weight excluding hydrogens is 289 g/mol. The molecule has 4 heteroatoms. The molecule has 0 radical (unpaired) electrons. The van der Waals surface area contributed by atoms with E-state index in [1.54, 1.807) is 0 Å². The Hall–Kier alpha value is -0.540. The molecule has 1 aliphatic heterocycles. The second-order valence-corrected chi connectivity index (χ2v) is 5.20. The number of benzene rings is 1. The van der Waals surface area contributed by atoms with E-state index in [0.29, 0.717) is 6.54 Å². The fourth-order valence-electron chi connectivity index (χ4n) is 2.09. The van der Waals surface area contributed by atoms with E-state index in [-0.39, 0.29) is 11.8 Å². The predicted octanol–water partition coefficient (Wildman–Crippen LogP) is 2.88. The van der Waals surface area contributed by atoms with Gasteiger partial charge in [0, 0.05) is 17.6 Å². The third kappa shape index (κ3) is 2.25. The number of amides is 1. The maximum Gasteiger partial charge on any atom is 0.237 e. The summed E-state index contributed by atoms with van der Waals surface area (Å²) in [4.78, 5) is 13.3. The highest BCUT2D eigenvalue weighted by Gasteiger charge is 2.21. The van der Waals surface area contributed by atoms with E-state index in [2.05, 4.69) is 35.0 Å². The van der Waals surface area contributed by atoms with Crippen LogP contribution in [-0.4, -0.2) is 23.2 Å². The van der Waals surface area contributed by atoms with E-state index in [4.69, 9.17) is 11.6 Å². The minimum Gasteiger partial charge on any atom is -0.337 e. The Balaban J connectivity index is 2.30. The lowest BCUT2D eigenvalue weighted by atomic mass is 9.98. The Labute approximate surface area is 109 Å². The number of fused-ring (bicyclic) bond motifs is 1. The second kappa shape index (κ2) is 4.76. The van der Waals surface area contributed by atoms with Crippen molar-refractivity contribution in [2.45, 2.75) is 19.9 Å². The molecule has 0 unspecified atom stereocenters. The largest absolute Gasteiger partial charge is 0.337 e. The van der Waals surface area contributed by atoms with Gasteiger partial charge in [-0.25, -0.2) is 0 Å². The number of hydrogen-bond acceptors (Lipinski definition) is 1. The van der Waals surface area contributed by atoms with Crippen LogP contribution in [0.5, 0.6) is 0 Å². The number of carbonyl (C=O) groups is 1. The van der Waals surface area contributed by atoms with Gasteiger partial charge in [0.15, 0.2) is 0 Å². The number of nitrogens with zero attached hydrogens (tertiary/aromatic N) is 1. The zero-order chi connectivity index (χ0) is 11.7. The molecule has 16 heavy (non-hydrogen) atoms. The van der Waals surface area contributed by atoms with E-state index in [1.165, 1.54) is 16.7 Å². The third-order valence-electron chi connectivity index (χ3n) is 2.89. The lowest BCUT2D eigenvalue weighted by Crippen LogP contribution is -2.36. The van der Waals surface area contributed by atoms with E-state index in [1.807, 2.05) is 4.90 Å². The highest BCUT2D eigenvalue weighted by atomic mass is 79.9. The fourth-order valence-corrected chi connectivity index (χ4v) is 3.08. The van der Waals surface area contributed by atoms with Crippen LogP contribution in [0.2, 0.25) is 0 Å². The third-order valence-corrected chi connectivity index (χ3v) is 3.83. The number of hydrogen-bond donors (Lipinski definition) is 0. The van der Waals surface area contributed by atoms with Gasteiger partial charge >= 0.3 is 0 Å². The maximum atomic E-state index is 11.5. The highest BCUT2D eigenvalue weighted by molar-refractivity contribution is 9.10. The molecule has 86 valence electrons. The summed E-state index contributed by atoms with van der Waals surface area (Å²) in [6, 6.07) is 4.27. The monoisotopic (exact) mass is 301 g/mol. The Kier molecular flexibility index (Phi) is 3.55. The summed E-state index contributed by atoms with van der Waals surface area (Å²) in [6.45, 7) is 3.51. The van der Waals surface area contributed by atoms with E-state index in [0.717, 1.165) is 17.4 Å². The van der Waals surface area contributed by atoms with Crippen LogP contribution in [0.25, 0.3) is 0 Å². The normalized spacial score (nSPS) is 14.8. The van der Waals surface area contributed by atoms with Crippen molar-refractivity contribution in [1.82, 2.24) is 4.90 Å². The molecule has 0 aliphatic carbocycles. The summed E-state index contributed by atoms with van der Waals surface area (Å²) in [6.07, 6.45) is 0.902. The molecule has 0 atom stereocenters. The summed E-state index contributed by atoms with van der Waals surface area (Å²) in [5, 5.41) is 0. The molecule has 0 saturated heterocycles. The molecular formula is C12H13BrClNO. The molecule has 1 aromatic carbocycles. The SMILES string of the molecule is Cc1cc(Br)c2c(c1)CN(C(=O)CCl)CC2. The Morgan fingerprint density at radius 2 is 2.31 bits per heavy atom. The average molecular weight is 303 g/mol. The Morgan fingerprint density at radius 3 is 3.00 bits per heavy atom. The molecule has 0 fully saturated rings. The van der Waals surface area contributed by atoms with Gasteiger partial charge in [0.05, 0.1) is 0 Å². The Bertz CT molecular complexity index is 433. The first-order valence-corrected chi connectivity index (χ1v) is 6.56. The van der Waals surface area contributed by atoms with Gasteiger partial charge < -0.3 is 4.90 Å². The van der Waals surface area contributed by atoms with Crippen LogP contribution in [-0.2, 0) is 17.8 Å². The lowest BCUT2D eigenvalue weighted by molar-refractivity contribution is -0.129. The average Bonchev–Trinajstić information content (AvgIpc) is 2.27. The van der Waals surface area contributed by atoms with Crippen molar-refractivity contribution in [2.24, 2.45) is 0 Å². The summed E-state index contributed by atoms with van der Waals surface area (Å²) < 4.78 is 1.15. The van der Waals surface area contributed by atoms with Crippen LogP contribution >= 0.6 is 27.5 Å². The fraction of sp³-hybridized carbons (Fsp3) is 0.417. The summed E-state index contributed by atoms with van der Waals surface area (Å²) in [7, 11) is 0. The minimum absolute atomic E-state index is 0.0185. The molecule has 0 bridgehead atoms. The van der Waals surface area contributed by atoms with Gasteiger partial charge in [0.2, 0.25) is 5.91 Å². The number of aryl methyl sites for hydroxylation is 1. The van der Waals surface area contributed by atoms with Crippen LogP contribution in [0, 0.1) is 6.92 Å². The lowest BCUT2D eigenvalue weighted by Gasteiger charge is -2.29. The van der Waals surface area contributed by atoms with Gasteiger partial charge in [-0.05, 0) is 36.1 Å². The van der Waals surface area contributed by atoms with Crippen LogP contribution in [0.3, 0.4) is 0 Å². The van der Waals surface area contributed by atoms with Gasteiger partial charge in [-0.15, -0.1) is 11.6 Å². The number of carbonyl (C=O) groups excluding carboxylic acids is 1. The van der Waals surface area contributed by atoms with Crippen molar-refractivity contribution in [3.63, 3.8) is 0 Å². The quantitative estimate of drug-likeness (QED) is 0.731. The molecule has 2 rings (SSSR count). The van der Waals surface area contributed by atoms with Crippen LogP contribution in [0.15, 0.2) is 16.6 Å². The predicted molar refractivity (Wildman–Crippen MR) is 68.7 cm³/mol. The topological polar surface area (TPSA) is 20.3 Å². The molecule has 0 N–H and O–H groups in total. The van der Waals surface area contributed by atoms with Crippen molar-refractivity contribution in [1.29, 1.82) is 0 Å². The van der Waals surface area contributed by atoms with Crippen molar-refractivity contribution >= 4 is 33.4 Å². The number of halogens is 2. The molecule has 1 aliphatic rings. The molecule has 1 amide bonds. The zero-order valence-electron chi connectivity index (χ0n) is 9.09. The van der Waals surface area contributed by atoms with Crippen molar-refractivity contribution in [3.8, 4) is 0 Å². The van der Waals surface area contributed by atoms with Gasteiger partial charge in [-0.1, -0.05) is 22.0 Å². The molecule has 0 aromatic heterocycles. The van der Waals surface area contributed by atoms with Crippen molar-refractivity contribution < 1.29 is 4.79 Å². The maximum absolute atomic E-state index is 11.5. The summed E-state index contributed by atoms with van der Waals surface area (Å²) >= 11 is 9.15. The highest BCUT2D eigenvalue weighted by Crippen LogP contribution is 2.28. The molecule has 1 aromatic rings. The number of rotatable bonds is 1. The first-order chi connectivity index (χ1) is 7.61. The van der Waals surface area contributed by atoms with Gasteiger partial charge in [0.25, 0.3) is 0 Å². The molecule has 1 heterocycles. The summed E-state index contributed by atoms with van der Waals surface area (Å²) in [5.74, 6) is 0.0902. The van der Waals surface area contributed by atoms with Gasteiger partial charge in [0.1, 0.15) is 5.88 Å². The molecule has 0 spiro atoms. The van der Waals surface area contributed by atoms with E-state index >= 15 is 0 Å². The van der Waals surface area contributed by atoms with Crippen LogP contribution < -0.4 is 0 Å². The molecule has 2 nitrogen and oxygen atoms in total. The smallest absolute Gasteiger partial charge is 0.237 e. The Morgan fingerprint density at radius 1 is 1.56 bits per heavy atom. The second-order valence-electron chi connectivity index (χ2n) is 4.08. The first-order valence-electron chi connectivity index (χ1n) is 5.23. The van der Waals surface area contributed by atoms with Crippen molar-refractivity contribution in [2.75, 3.05) is 12.4 Å². The first kappa shape index (κ1) is 11.9. The van der Waals surface area contributed by atoms with Crippen molar-refractivity contribution in [3.05, 3.63) is 33.3 Å². The molecule has 0 saturated carbocycles. The summed E-state index contributed by atoms with van der Waals surface area (Å²) in [5.41, 5.74) is 3.77. The van der Waals surface area contributed by atoms with E-state index < -0.39 is 0 Å². The zero-order valence-corrected chi connectivity index (χ0v) is 11.4. The van der Waals surface area contributed by atoms with Crippen LogP contribution in [0.1, 0.15) is 16.7 Å².